The Kier molecular flexibility index (Phi) is 6.82. The van der Waals surface area contributed by atoms with Crippen molar-refractivity contribution in [2.75, 3.05) is 24.3 Å². The first-order chi connectivity index (χ1) is 16.4. The minimum atomic E-state index is -0.848. The number of ether oxygens (including phenoxy) is 1. The van der Waals surface area contributed by atoms with E-state index >= 15 is 0 Å². The van der Waals surface area contributed by atoms with Gasteiger partial charge in [-0.05, 0) is 43.3 Å². The molecule has 0 aliphatic rings. The van der Waals surface area contributed by atoms with Gasteiger partial charge >= 0.3 is 6.03 Å². The molecule has 1 heterocycles. The number of urea groups is 1. The number of nitrogens with one attached hydrogen (secondary N) is 3. The lowest BCUT2D eigenvalue weighted by atomic mass is 10.0. The van der Waals surface area contributed by atoms with Crippen LogP contribution in [0.25, 0.3) is 22.0 Å². The van der Waals surface area contributed by atoms with Crippen molar-refractivity contribution in [3.63, 3.8) is 0 Å². The third-order valence-electron chi connectivity index (χ3n) is 5.18. The van der Waals surface area contributed by atoms with Crippen LogP contribution in [0.1, 0.15) is 6.92 Å². The predicted octanol–water partition coefficient (Wildman–Crippen LogP) is 5.21. The molecule has 174 valence electrons. The highest BCUT2D eigenvalue weighted by Gasteiger charge is 2.14. The van der Waals surface area contributed by atoms with E-state index in [1.54, 1.807) is 14.0 Å². The van der Waals surface area contributed by atoms with Crippen LogP contribution in [0.3, 0.4) is 0 Å². The summed E-state index contributed by atoms with van der Waals surface area (Å²) in [6.45, 7) is 2.13. The number of methoxy groups -OCH3 is 1. The fraction of sp³-hybridized carbons (Fsp3) is 0.160. The number of carbonyl (C=O) groups excluding carboxylic acids is 1. The lowest BCUT2D eigenvalue weighted by Crippen LogP contribution is -2.40. The Bertz CT molecular complexity index is 1310. The molecule has 0 spiro atoms. The summed E-state index contributed by atoms with van der Waals surface area (Å²) in [5, 5.41) is 18.9. The maximum Gasteiger partial charge on any atom is 0.319 e. The maximum atomic E-state index is 13.7. The van der Waals surface area contributed by atoms with E-state index in [0.717, 1.165) is 33.8 Å². The van der Waals surface area contributed by atoms with Crippen LogP contribution in [0.4, 0.5) is 25.1 Å². The zero-order valence-corrected chi connectivity index (χ0v) is 18.6. The minimum Gasteiger partial charge on any atom is -0.497 e. The van der Waals surface area contributed by atoms with Gasteiger partial charge in [0, 0.05) is 35.0 Å². The van der Waals surface area contributed by atoms with Crippen molar-refractivity contribution in [2.45, 2.75) is 13.0 Å². The Morgan fingerprint density at radius 2 is 1.74 bits per heavy atom. The molecule has 4 rings (SSSR count). The number of nitrogens with zero attached hydrogens (tertiary/aromatic N) is 2. The molecule has 1 atom stereocenters. The highest BCUT2D eigenvalue weighted by atomic mass is 19.1. The lowest BCUT2D eigenvalue weighted by molar-refractivity contribution is 0.249. The standard InChI is InChI=1S/C25H23F2N5O2/c1-15(29-25(33)30-22-12-9-17(26)13-21(22)27)14-28-24-20-6-4-3-5-19(20)23(31-32-24)16-7-10-18(34-2)11-8-16/h3-13,15H,14H2,1-2H3,(H,28,32)(H2,29,30,33)/t15-/m0/s1. The fourth-order valence-corrected chi connectivity index (χ4v) is 3.47. The second-order valence-corrected chi connectivity index (χ2v) is 7.68. The van der Waals surface area contributed by atoms with Gasteiger partial charge in [-0.25, -0.2) is 13.6 Å². The quantitative estimate of drug-likeness (QED) is 0.350. The summed E-state index contributed by atoms with van der Waals surface area (Å²) in [6, 6.07) is 17.4. The largest absolute Gasteiger partial charge is 0.497 e. The van der Waals surface area contributed by atoms with Crippen LogP contribution in [0.15, 0.2) is 66.7 Å². The SMILES string of the molecule is COc1ccc(-c2nnc(NC[C@H](C)NC(=O)Nc3ccc(F)cc3F)c3ccccc23)cc1. The van der Waals surface area contributed by atoms with Crippen molar-refractivity contribution in [2.24, 2.45) is 0 Å². The second-order valence-electron chi connectivity index (χ2n) is 7.68. The highest BCUT2D eigenvalue weighted by Crippen LogP contribution is 2.30. The van der Waals surface area contributed by atoms with Gasteiger partial charge in [0.2, 0.25) is 0 Å². The van der Waals surface area contributed by atoms with Gasteiger partial charge in [-0.1, -0.05) is 24.3 Å². The molecule has 4 aromatic rings. The van der Waals surface area contributed by atoms with Crippen molar-refractivity contribution in [1.29, 1.82) is 0 Å². The van der Waals surface area contributed by atoms with E-state index in [1.807, 2.05) is 48.5 Å². The summed E-state index contributed by atoms with van der Waals surface area (Å²) < 4.78 is 32.0. The molecule has 0 radical (unpaired) electrons. The van der Waals surface area contributed by atoms with Crippen LogP contribution in [0.2, 0.25) is 0 Å². The lowest BCUT2D eigenvalue weighted by Gasteiger charge is -2.17. The molecular weight excluding hydrogens is 440 g/mol. The van der Waals surface area contributed by atoms with Gasteiger partial charge in [-0.3, -0.25) is 0 Å². The summed E-state index contributed by atoms with van der Waals surface area (Å²) in [4.78, 5) is 12.2. The molecular formula is C25H23F2N5O2. The number of carbonyl (C=O) groups is 1. The Morgan fingerprint density at radius 3 is 2.44 bits per heavy atom. The second kappa shape index (κ2) is 10.1. The average molecular weight is 463 g/mol. The van der Waals surface area contributed by atoms with Gasteiger partial charge in [-0.2, -0.15) is 0 Å². The third-order valence-corrected chi connectivity index (χ3v) is 5.18. The van der Waals surface area contributed by atoms with Crippen molar-refractivity contribution >= 4 is 28.3 Å². The highest BCUT2D eigenvalue weighted by molar-refractivity contribution is 6.00. The molecule has 0 saturated carbocycles. The summed E-state index contributed by atoms with van der Waals surface area (Å²) >= 11 is 0. The summed E-state index contributed by atoms with van der Waals surface area (Å²) in [5.74, 6) is -0.231. The summed E-state index contributed by atoms with van der Waals surface area (Å²) in [5.41, 5.74) is 1.55. The van der Waals surface area contributed by atoms with Crippen LogP contribution in [0, 0.1) is 11.6 Å². The van der Waals surface area contributed by atoms with Crippen LogP contribution < -0.4 is 20.7 Å². The van der Waals surface area contributed by atoms with Crippen LogP contribution >= 0.6 is 0 Å². The monoisotopic (exact) mass is 463 g/mol. The van der Waals surface area contributed by atoms with Gasteiger partial charge < -0.3 is 20.7 Å². The number of hydrogen-bond donors (Lipinski definition) is 3. The molecule has 34 heavy (non-hydrogen) atoms. The molecule has 3 N–H and O–H groups in total. The third kappa shape index (κ3) is 5.20. The minimum absolute atomic E-state index is 0.106. The number of fused-ring (bicyclic) bond motifs is 1. The molecule has 0 aliphatic heterocycles. The zero-order chi connectivity index (χ0) is 24.1. The number of benzene rings is 3. The number of rotatable bonds is 7. The topological polar surface area (TPSA) is 88.2 Å². The first-order valence-electron chi connectivity index (χ1n) is 10.6. The fourth-order valence-electron chi connectivity index (χ4n) is 3.47. The van der Waals surface area contributed by atoms with Gasteiger partial charge in [0.15, 0.2) is 5.82 Å². The van der Waals surface area contributed by atoms with Gasteiger partial charge in [0.05, 0.1) is 12.8 Å². The molecule has 1 aromatic heterocycles. The van der Waals surface area contributed by atoms with E-state index in [1.165, 1.54) is 6.07 Å². The molecule has 0 fully saturated rings. The van der Waals surface area contributed by atoms with Crippen molar-refractivity contribution in [3.05, 3.63) is 78.4 Å². The number of anilines is 2. The Hall–Kier alpha value is -4.27. The van der Waals surface area contributed by atoms with E-state index in [9.17, 15) is 13.6 Å². The van der Waals surface area contributed by atoms with Gasteiger partial charge in [0.1, 0.15) is 23.1 Å². The molecule has 0 aliphatic carbocycles. The van der Waals surface area contributed by atoms with Crippen LogP contribution in [0.5, 0.6) is 5.75 Å². The molecule has 0 unspecified atom stereocenters. The average Bonchev–Trinajstić information content (AvgIpc) is 2.84. The zero-order valence-electron chi connectivity index (χ0n) is 18.6. The van der Waals surface area contributed by atoms with Gasteiger partial charge in [0.25, 0.3) is 0 Å². The smallest absolute Gasteiger partial charge is 0.319 e. The van der Waals surface area contributed by atoms with E-state index in [2.05, 4.69) is 26.1 Å². The summed E-state index contributed by atoms with van der Waals surface area (Å²) in [7, 11) is 1.62. The Labute approximate surface area is 195 Å². The molecule has 0 saturated heterocycles. The van der Waals surface area contributed by atoms with E-state index < -0.39 is 17.7 Å². The normalized spacial score (nSPS) is 11.6. The number of amides is 2. The molecule has 0 bridgehead atoms. The Morgan fingerprint density at radius 1 is 1.00 bits per heavy atom. The Balaban J connectivity index is 1.44. The number of aromatic nitrogens is 2. The molecule has 9 heteroatoms. The van der Waals surface area contributed by atoms with Gasteiger partial charge in [-0.15, -0.1) is 10.2 Å². The van der Waals surface area contributed by atoms with E-state index in [4.69, 9.17) is 4.74 Å². The first-order valence-corrected chi connectivity index (χ1v) is 10.6. The first kappa shape index (κ1) is 22.9. The molecule has 3 aromatic carbocycles. The van der Waals surface area contributed by atoms with E-state index in [-0.39, 0.29) is 11.7 Å². The molecule has 2 amide bonds. The predicted molar refractivity (Wildman–Crippen MR) is 128 cm³/mol. The van der Waals surface area contributed by atoms with Crippen molar-refractivity contribution in [3.8, 4) is 17.0 Å². The maximum absolute atomic E-state index is 13.7. The summed E-state index contributed by atoms with van der Waals surface area (Å²) in [6.07, 6.45) is 0. The number of hydrogen-bond acceptors (Lipinski definition) is 5. The van der Waals surface area contributed by atoms with Crippen molar-refractivity contribution < 1.29 is 18.3 Å². The van der Waals surface area contributed by atoms with Crippen LogP contribution in [-0.4, -0.2) is 35.9 Å². The number of halogens is 2. The van der Waals surface area contributed by atoms with Crippen molar-refractivity contribution in [1.82, 2.24) is 15.5 Å². The van der Waals surface area contributed by atoms with Crippen LogP contribution in [-0.2, 0) is 0 Å². The molecule has 7 nitrogen and oxygen atoms in total. The van der Waals surface area contributed by atoms with E-state index in [0.29, 0.717) is 18.4 Å².